The van der Waals surface area contributed by atoms with Crippen LogP contribution in [-0.2, 0) is 27.3 Å². The van der Waals surface area contributed by atoms with Crippen LogP contribution in [0.1, 0.15) is 67.6 Å². The molecule has 220 valence electrons. The minimum atomic E-state index is -0.543. The van der Waals surface area contributed by atoms with Gasteiger partial charge in [-0.2, -0.15) is 0 Å². The van der Waals surface area contributed by atoms with Crippen LogP contribution in [0.25, 0.3) is 0 Å². The SMILES string of the molecule is COc1c(C)c2c(c(NC(=O)N(c3ccccc3)c3ccccc3)c1C/C=C(\C)CCC(=O)OC(C)(C)C)C(=O)OC2. The lowest BCUT2D eigenvalue weighted by Crippen LogP contribution is -2.32. The van der Waals surface area contributed by atoms with Gasteiger partial charge in [0.05, 0.1) is 29.7 Å². The standard InChI is InChI=1S/C34H38N2O6/c1-22(18-20-28(37)42-34(3,4)5)17-19-26-30(29-27(21-41-32(29)38)23(2)31(26)40-6)35-33(39)36(24-13-9-7-10-14-24)25-15-11-8-12-16-25/h7-17H,18-21H2,1-6H3,(H,35,39)/b22-17+. The van der Waals surface area contributed by atoms with E-state index in [4.69, 9.17) is 14.2 Å². The molecule has 1 aliphatic rings. The van der Waals surface area contributed by atoms with Crippen LogP contribution < -0.4 is 15.0 Å². The van der Waals surface area contributed by atoms with E-state index < -0.39 is 17.6 Å². The summed E-state index contributed by atoms with van der Waals surface area (Å²) in [6.07, 6.45) is 3.10. The Balaban J connectivity index is 1.72. The topological polar surface area (TPSA) is 94.2 Å². The minimum Gasteiger partial charge on any atom is -0.496 e. The number of benzene rings is 3. The first kappa shape index (κ1) is 30.4. The second-order valence-corrected chi connectivity index (χ2v) is 11.2. The zero-order valence-corrected chi connectivity index (χ0v) is 25.1. The number of carbonyl (C=O) groups excluding carboxylic acids is 3. The van der Waals surface area contributed by atoms with Crippen molar-refractivity contribution in [2.45, 2.75) is 66.1 Å². The normalized spacial score (nSPS) is 12.8. The molecule has 1 N–H and O–H groups in total. The molecule has 0 saturated heterocycles. The zero-order valence-electron chi connectivity index (χ0n) is 25.1. The van der Waals surface area contributed by atoms with E-state index in [1.54, 1.807) is 12.0 Å². The number of nitrogens with zero attached hydrogens (tertiary/aromatic N) is 1. The van der Waals surface area contributed by atoms with Gasteiger partial charge >= 0.3 is 18.0 Å². The summed E-state index contributed by atoms with van der Waals surface area (Å²) in [5, 5.41) is 3.04. The second kappa shape index (κ2) is 12.9. The van der Waals surface area contributed by atoms with Crippen LogP contribution >= 0.6 is 0 Å². The molecule has 0 atom stereocenters. The van der Waals surface area contributed by atoms with Crippen LogP contribution in [0.3, 0.4) is 0 Å². The van der Waals surface area contributed by atoms with Gasteiger partial charge in [-0.25, -0.2) is 9.59 Å². The van der Waals surface area contributed by atoms with E-state index in [2.05, 4.69) is 5.32 Å². The maximum Gasteiger partial charge on any atom is 0.341 e. The van der Waals surface area contributed by atoms with E-state index in [0.29, 0.717) is 52.3 Å². The molecule has 2 amide bonds. The summed E-state index contributed by atoms with van der Waals surface area (Å²) in [7, 11) is 1.57. The number of carbonyl (C=O) groups is 3. The van der Waals surface area contributed by atoms with Crippen molar-refractivity contribution >= 4 is 35.0 Å². The Kier molecular flexibility index (Phi) is 9.35. The number of ether oxygens (including phenoxy) is 3. The Morgan fingerprint density at radius 2 is 1.60 bits per heavy atom. The van der Waals surface area contributed by atoms with Gasteiger partial charge in [0.15, 0.2) is 0 Å². The highest BCUT2D eigenvalue weighted by Gasteiger charge is 2.33. The lowest BCUT2D eigenvalue weighted by atomic mass is 9.93. The highest BCUT2D eigenvalue weighted by Crippen LogP contribution is 2.42. The number of fused-ring (bicyclic) bond motifs is 1. The molecule has 1 aliphatic heterocycles. The Bertz CT molecular complexity index is 1450. The number of anilines is 3. The second-order valence-electron chi connectivity index (χ2n) is 11.2. The molecule has 1 heterocycles. The molecule has 0 spiro atoms. The van der Waals surface area contributed by atoms with Crippen molar-refractivity contribution < 1.29 is 28.6 Å². The fraction of sp³-hybridized carbons (Fsp3) is 0.324. The quantitative estimate of drug-likeness (QED) is 0.210. The van der Waals surface area contributed by atoms with Crippen molar-refractivity contribution in [3.63, 3.8) is 0 Å². The number of amides is 2. The predicted octanol–water partition coefficient (Wildman–Crippen LogP) is 7.65. The average molecular weight is 571 g/mol. The molecule has 3 aromatic rings. The van der Waals surface area contributed by atoms with E-state index in [1.165, 1.54) is 0 Å². The third kappa shape index (κ3) is 7.00. The van der Waals surface area contributed by atoms with Crippen molar-refractivity contribution in [1.82, 2.24) is 0 Å². The Morgan fingerprint density at radius 3 is 2.14 bits per heavy atom. The van der Waals surface area contributed by atoms with E-state index >= 15 is 0 Å². The zero-order chi connectivity index (χ0) is 30.4. The van der Waals surface area contributed by atoms with Gasteiger partial charge in [0, 0.05) is 17.5 Å². The number of methoxy groups -OCH3 is 1. The van der Waals surface area contributed by atoms with E-state index in [9.17, 15) is 14.4 Å². The first-order valence-electron chi connectivity index (χ1n) is 14.0. The molecule has 0 unspecified atom stereocenters. The summed E-state index contributed by atoms with van der Waals surface area (Å²) in [6, 6.07) is 18.2. The van der Waals surface area contributed by atoms with Gasteiger partial charge in [0.2, 0.25) is 0 Å². The van der Waals surface area contributed by atoms with Crippen LogP contribution in [0.5, 0.6) is 5.75 Å². The average Bonchev–Trinajstić information content (AvgIpc) is 3.34. The molecule has 0 radical (unpaired) electrons. The van der Waals surface area contributed by atoms with Gasteiger partial charge in [-0.05, 0) is 77.3 Å². The van der Waals surface area contributed by atoms with Crippen LogP contribution in [0, 0.1) is 6.92 Å². The molecule has 0 saturated carbocycles. The first-order chi connectivity index (χ1) is 20.0. The number of esters is 2. The van der Waals surface area contributed by atoms with Crippen LogP contribution in [0.15, 0.2) is 72.3 Å². The number of rotatable bonds is 9. The number of nitrogens with one attached hydrogen (secondary N) is 1. The molecule has 0 bridgehead atoms. The van der Waals surface area contributed by atoms with E-state index in [-0.39, 0.29) is 19.0 Å². The van der Waals surface area contributed by atoms with Crippen LogP contribution in [-0.4, -0.2) is 30.7 Å². The van der Waals surface area contributed by atoms with Crippen molar-refractivity contribution in [2.24, 2.45) is 0 Å². The summed E-state index contributed by atoms with van der Waals surface area (Å²) in [5.41, 5.74) is 4.57. The van der Waals surface area contributed by atoms with Crippen molar-refractivity contribution in [3.05, 3.63) is 94.6 Å². The summed E-state index contributed by atoms with van der Waals surface area (Å²) in [5.74, 6) is -0.188. The van der Waals surface area contributed by atoms with E-state index in [0.717, 1.165) is 11.1 Å². The molecule has 0 aliphatic carbocycles. The number of allylic oxidation sites excluding steroid dienone is 2. The summed E-state index contributed by atoms with van der Waals surface area (Å²) >= 11 is 0. The molecular weight excluding hydrogens is 532 g/mol. The Morgan fingerprint density at radius 1 is 1.00 bits per heavy atom. The third-order valence-electron chi connectivity index (χ3n) is 6.94. The van der Waals surface area contributed by atoms with Gasteiger partial charge in [-0.3, -0.25) is 9.69 Å². The van der Waals surface area contributed by atoms with Crippen molar-refractivity contribution in [3.8, 4) is 5.75 Å². The highest BCUT2D eigenvalue weighted by atomic mass is 16.6. The summed E-state index contributed by atoms with van der Waals surface area (Å²) in [4.78, 5) is 40.9. The molecule has 3 aromatic carbocycles. The van der Waals surface area contributed by atoms with Gasteiger partial charge in [0.25, 0.3) is 0 Å². The molecule has 8 nitrogen and oxygen atoms in total. The molecular formula is C34H38N2O6. The Labute approximate surface area is 247 Å². The third-order valence-corrected chi connectivity index (χ3v) is 6.94. The smallest absolute Gasteiger partial charge is 0.341 e. The predicted molar refractivity (Wildman–Crippen MR) is 163 cm³/mol. The van der Waals surface area contributed by atoms with Gasteiger partial charge in [-0.1, -0.05) is 48.0 Å². The van der Waals surface area contributed by atoms with Gasteiger partial charge in [0.1, 0.15) is 18.0 Å². The molecule has 0 aromatic heterocycles. The number of hydrogen-bond acceptors (Lipinski definition) is 6. The van der Waals surface area contributed by atoms with Crippen molar-refractivity contribution in [2.75, 3.05) is 17.3 Å². The molecule has 8 heteroatoms. The first-order valence-corrected chi connectivity index (χ1v) is 14.0. The molecule has 0 fully saturated rings. The number of urea groups is 1. The van der Waals surface area contributed by atoms with E-state index in [1.807, 2.05) is 101 Å². The number of para-hydroxylation sites is 2. The Hall–Kier alpha value is -4.59. The minimum absolute atomic E-state index is 0.103. The number of hydrogen-bond donors (Lipinski definition) is 1. The van der Waals surface area contributed by atoms with Gasteiger partial charge < -0.3 is 19.5 Å². The fourth-order valence-electron chi connectivity index (χ4n) is 4.96. The largest absolute Gasteiger partial charge is 0.496 e. The lowest BCUT2D eigenvalue weighted by molar-refractivity contribution is -0.154. The number of cyclic esters (lactones) is 1. The van der Waals surface area contributed by atoms with Gasteiger partial charge in [-0.15, -0.1) is 0 Å². The molecule has 42 heavy (non-hydrogen) atoms. The van der Waals surface area contributed by atoms with Crippen LogP contribution in [0.2, 0.25) is 0 Å². The lowest BCUT2D eigenvalue weighted by Gasteiger charge is -2.26. The fourth-order valence-corrected chi connectivity index (χ4v) is 4.96. The summed E-state index contributed by atoms with van der Waals surface area (Å²) < 4.78 is 16.7. The van der Waals surface area contributed by atoms with Crippen molar-refractivity contribution in [1.29, 1.82) is 0 Å². The maximum atomic E-state index is 14.0. The maximum absolute atomic E-state index is 14.0. The molecule has 4 rings (SSSR count). The van der Waals surface area contributed by atoms with Crippen LogP contribution in [0.4, 0.5) is 21.9 Å². The highest BCUT2D eigenvalue weighted by molar-refractivity contribution is 6.11. The summed E-state index contributed by atoms with van der Waals surface area (Å²) in [6.45, 7) is 9.45. The monoisotopic (exact) mass is 570 g/mol.